The lowest BCUT2D eigenvalue weighted by Crippen LogP contribution is -2.50. The number of nitrogens with one attached hydrogen (secondary N) is 1. The Morgan fingerprint density at radius 1 is 1.16 bits per heavy atom. The van der Waals surface area contributed by atoms with E-state index in [0.717, 1.165) is 17.7 Å². The quantitative estimate of drug-likeness (QED) is 0.655. The molecule has 0 radical (unpaired) electrons. The summed E-state index contributed by atoms with van der Waals surface area (Å²) in [7, 11) is -2.59. The first-order chi connectivity index (χ1) is 14.8. The van der Waals surface area contributed by atoms with Crippen LogP contribution < -0.4 is 5.32 Å². The van der Waals surface area contributed by atoms with E-state index in [1.165, 1.54) is 23.5 Å². The molecule has 1 saturated heterocycles. The fourth-order valence-electron chi connectivity index (χ4n) is 3.61. The van der Waals surface area contributed by atoms with E-state index in [4.69, 9.17) is 4.74 Å². The lowest BCUT2D eigenvalue weighted by Gasteiger charge is -2.32. The molecule has 1 unspecified atom stereocenters. The molecule has 2 aromatic carbocycles. The lowest BCUT2D eigenvalue weighted by atomic mass is 9.97. The summed E-state index contributed by atoms with van der Waals surface area (Å²) in [5, 5.41) is 2.72. The Kier molecular flexibility index (Phi) is 7.40. The van der Waals surface area contributed by atoms with Crippen molar-refractivity contribution in [2.75, 3.05) is 20.2 Å². The molecule has 9 heteroatoms. The van der Waals surface area contributed by atoms with Crippen molar-refractivity contribution in [2.24, 2.45) is 5.92 Å². The summed E-state index contributed by atoms with van der Waals surface area (Å²) in [4.78, 5) is 25.1. The zero-order valence-corrected chi connectivity index (χ0v) is 18.0. The van der Waals surface area contributed by atoms with E-state index in [0.29, 0.717) is 12.8 Å². The second-order valence-electron chi connectivity index (χ2n) is 7.43. The Morgan fingerprint density at radius 2 is 1.84 bits per heavy atom. The summed E-state index contributed by atoms with van der Waals surface area (Å²) in [6.07, 6.45) is 1.27. The average molecular weight is 449 g/mol. The third-order valence-electron chi connectivity index (χ3n) is 5.29. The first-order valence-electron chi connectivity index (χ1n) is 9.99. The number of rotatable bonds is 7. The van der Waals surface area contributed by atoms with E-state index < -0.39 is 39.7 Å². The van der Waals surface area contributed by atoms with Crippen LogP contribution in [-0.4, -0.2) is 50.8 Å². The highest BCUT2D eigenvalue weighted by Gasteiger charge is 2.35. The van der Waals surface area contributed by atoms with E-state index in [-0.39, 0.29) is 24.4 Å². The van der Waals surface area contributed by atoms with Crippen molar-refractivity contribution in [1.82, 2.24) is 9.62 Å². The maximum atomic E-state index is 13.2. The van der Waals surface area contributed by atoms with Gasteiger partial charge < -0.3 is 10.1 Å². The van der Waals surface area contributed by atoms with Crippen LogP contribution >= 0.6 is 0 Å². The van der Waals surface area contributed by atoms with Crippen molar-refractivity contribution < 1.29 is 27.1 Å². The van der Waals surface area contributed by atoms with E-state index in [1.54, 1.807) is 0 Å². The monoisotopic (exact) mass is 448 g/mol. The predicted molar refractivity (Wildman–Crippen MR) is 112 cm³/mol. The van der Waals surface area contributed by atoms with Gasteiger partial charge in [-0.3, -0.25) is 4.79 Å². The third-order valence-corrected chi connectivity index (χ3v) is 7.17. The first-order valence-corrected chi connectivity index (χ1v) is 11.4. The molecular weight excluding hydrogens is 423 g/mol. The fraction of sp³-hybridized carbons (Fsp3) is 0.364. The van der Waals surface area contributed by atoms with Crippen LogP contribution in [0.25, 0.3) is 0 Å². The predicted octanol–water partition coefficient (Wildman–Crippen LogP) is 2.13. The van der Waals surface area contributed by atoms with Crippen LogP contribution in [0, 0.1) is 11.7 Å². The molecule has 0 bridgehead atoms. The fourth-order valence-corrected chi connectivity index (χ4v) is 5.13. The molecule has 166 valence electrons. The Morgan fingerprint density at radius 3 is 2.48 bits per heavy atom. The molecule has 1 aliphatic rings. The van der Waals surface area contributed by atoms with Crippen molar-refractivity contribution >= 4 is 21.9 Å². The Balaban J connectivity index is 1.70. The number of methoxy groups -OCH3 is 1. The SMILES string of the molecule is COC(=O)[C@H](Cc1ccccc1)NC(=O)C1CCCN(S(=O)(=O)c2ccc(F)cc2)C1. The van der Waals surface area contributed by atoms with Crippen molar-refractivity contribution in [3.63, 3.8) is 0 Å². The van der Waals surface area contributed by atoms with Gasteiger partial charge in [0.1, 0.15) is 11.9 Å². The van der Waals surface area contributed by atoms with Gasteiger partial charge in [0.2, 0.25) is 15.9 Å². The molecule has 31 heavy (non-hydrogen) atoms. The molecule has 1 fully saturated rings. The standard InChI is InChI=1S/C22H25FN2O5S/c1-30-22(27)20(14-16-6-3-2-4-7-16)24-21(26)17-8-5-13-25(15-17)31(28,29)19-11-9-18(23)10-12-19/h2-4,6-7,9-12,17,20H,5,8,13-15H2,1H3,(H,24,26)/t17?,20-/m0/s1. The normalized spacial score (nSPS) is 18.2. The van der Waals surface area contributed by atoms with Crippen molar-refractivity contribution in [3.8, 4) is 0 Å². The van der Waals surface area contributed by atoms with Crippen LogP contribution in [0.2, 0.25) is 0 Å². The number of esters is 1. The molecule has 2 aromatic rings. The number of sulfonamides is 1. The molecule has 1 amide bonds. The highest BCUT2D eigenvalue weighted by molar-refractivity contribution is 7.89. The van der Waals surface area contributed by atoms with E-state index in [2.05, 4.69) is 5.32 Å². The summed E-state index contributed by atoms with van der Waals surface area (Å²) in [6.45, 7) is 0.263. The van der Waals surface area contributed by atoms with Gasteiger partial charge in [-0.15, -0.1) is 0 Å². The molecule has 2 atom stereocenters. The molecule has 1 N–H and O–H groups in total. The first kappa shape index (κ1) is 22.9. The number of piperidine rings is 1. The number of ether oxygens (including phenoxy) is 1. The number of hydrogen-bond acceptors (Lipinski definition) is 5. The van der Waals surface area contributed by atoms with Gasteiger partial charge in [0.05, 0.1) is 17.9 Å². The third kappa shape index (κ3) is 5.68. The molecule has 0 saturated carbocycles. The van der Waals surface area contributed by atoms with Crippen LogP contribution in [0.15, 0.2) is 59.5 Å². The summed E-state index contributed by atoms with van der Waals surface area (Å²) in [5.41, 5.74) is 0.863. The van der Waals surface area contributed by atoms with Crippen LogP contribution in [0.3, 0.4) is 0 Å². The van der Waals surface area contributed by atoms with Crippen LogP contribution in [-0.2, 0) is 30.8 Å². The number of carbonyl (C=O) groups is 2. The smallest absolute Gasteiger partial charge is 0.328 e. The van der Waals surface area contributed by atoms with Crippen LogP contribution in [0.4, 0.5) is 4.39 Å². The average Bonchev–Trinajstić information content (AvgIpc) is 2.79. The molecule has 7 nitrogen and oxygen atoms in total. The molecule has 0 aromatic heterocycles. The zero-order valence-electron chi connectivity index (χ0n) is 17.2. The Bertz CT molecular complexity index is 1010. The minimum absolute atomic E-state index is 0.00915. The second kappa shape index (κ2) is 10.0. The largest absolute Gasteiger partial charge is 0.467 e. The van der Waals surface area contributed by atoms with Crippen molar-refractivity contribution in [2.45, 2.75) is 30.2 Å². The maximum Gasteiger partial charge on any atom is 0.328 e. The van der Waals surface area contributed by atoms with E-state index >= 15 is 0 Å². The minimum atomic E-state index is -3.85. The van der Waals surface area contributed by atoms with Gasteiger partial charge in [-0.1, -0.05) is 30.3 Å². The van der Waals surface area contributed by atoms with E-state index in [9.17, 15) is 22.4 Å². The number of halogens is 1. The van der Waals surface area contributed by atoms with E-state index in [1.807, 2.05) is 30.3 Å². The molecular formula is C22H25FN2O5S. The van der Waals surface area contributed by atoms with Crippen molar-refractivity contribution in [3.05, 3.63) is 66.0 Å². The van der Waals surface area contributed by atoms with Gasteiger partial charge in [-0.25, -0.2) is 17.6 Å². The number of benzene rings is 2. The number of nitrogens with zero attached hydrogens (tertiary/aromatic N) is 1. The number of carbonyl (C=O) groups excluding carboxylic acids is 2. The van der Waals surface area contributed by atoms with Gasteiger partial charge >= 0.3 is 5.97 Å². The maximum absolute atomic E-state index is 13.2. The van der Waals surface area contributed by atoms with Gasteiger partial charge in [0.15, 0.2) is 0 Å². The van der Waals surface area contributed by atoms with Crippen LogP contribution in [0.1, 0.15) is 18.4 Å². The molecule has 0 spiro atoms. The lowest BCUT2D eigenvalue weighted by molar-refractivity contribution is -0.145. The van der Waals surface area contributed by atoms with Gasteiger partial charge in [-0.05, 0) is 42.7 Å². The molecule has 1 heterocycles. The Labute approximate surface area is 181 Å². The highest BCUT2D eigenvalue weighted by atomic mass is 32.2. The van der Waals surface area contributed by atoms with Crippen LogP contribution in [0.5, 0.6) is 0 Å². The Hall–Kier alpha value is -2.78. The summed E-state index contributed by atoms with van der Waals surface area (Å²) < 4.78 is 45.0. The van der Waals surface area contributed by atoms with Crippen molar-refractivity contribution in [1.29, 1.82) is 0 Å². The molecule has 0 aliphatic carbocycles. The van der Waals surface area contributed by atoms with Gasteiger partial charge in [0.25, 0.3) is 0 Å². The summed E-state index contributed by atoms with van der Waals surface area (Å²) in [5.74, 6) is -2.09. The number of amides is 1. The molecule has 1 aliphatic heterocycles. The number of hydrogen-bond donors (Lipinski definition) is 1. The summed E-state index contributed by atoms with van der Waals surface area (Å²) >= 11 is 0. The minimum Gasteiger partial charge on any atom is -0.467 e. The highest BCUT2D eigenvalue weighted by Crippen LogP contribution is 2.24. The molecule has 3 rings (SSSR count). The van der Waals surface area contributed by atoms with Gasteiger partial charge in [0, 0.05) is 19.5 Å². The zero-order chi connectivity index (χ0) is 22.4. The summed E-state index contributed by atoms with van der Waals surface area (Å²) in [6, 6.07) is 13.0. The topological polar surface area (TPSA) is 92.8 Å². The van der Waals surface area contributed by atoms with Gasteiger partial charge in [-0.2, -0.15) is 4.31 Å². The second-order valence-corrected chi connectivity index (χ2v) is 9.37.